The first-order chi connectivity index (χ1) is 23.8. The van der Waals surface area contributed by atoms with Crippen LogP contribution >= 0.6 is 11.3 Å². The fourth-order valence-corrected chi connectivity index (χ4v) is 8.07. The molecule has 0 spiro atoms. The highest BCUT2D eigenvalue weighted by Crippen LogP contribution is 2.42. The summed E-state index contributed by atoms with van der Waals surface area (Å²) in [6.07, 6.45) is 2.05. The summed E-state index contributed by atoms with van der Waals surface area (Å²) in [6.45, 7) is 0. The summed E-state index contributed by atoms with van der Waals surface area (Å²) in [7, 11) is 0. The summed E-state index contributed by atoms with van der Waals surface area (Å²) in [6, 6.07) is 50.4. The van der Waals surface area contributed by atoms with Crippen LogP contribution in [0.4, 0.5) is 0 Å². The minimum absolute atomic E-state index is 0.625. The summed E-state index contributed by atoms with van der Waals surface area (Å²) in [5.74, 6) is 1.91. The zero-order valence-electron chi connectivity index (χ0n) is 25.6. The lowest BCUT2D eigenvalue weighted by Gasteiger charge is -2.12. The molecule has 0 saturated carbocycles. The van der Waals surface area contributed by atoms with Gasteiger partial charge in [0.2, 0.25) is 0 Å². The van der Waals surface area contributed by atoms with Gasteiger partial charge in [-0.05, 0) is 24.3 Å². The molecule has 0 unspecified atom stereocenters. The number of hydrogen-bond acceptors (Lipinski definition) is 5. The van der Waals surface area contributed by atoms with E-state index in [2.05, 4.69) is 95.7 Å². The number of benzene rings is 6. The minimum atomic E-state index is 0.625. The predicted molar refractivity (Wildman–Crippen MR) is 199 cm³/mol. The Bertz CT molecular complexity index is 2780. The number of para-hydroxylation sites is 1. The van der Waals surface area contributed by atoms with E-state index in [0.717, 1.165) is 38.9 Å². The van der Waals surface area contributed by atoms with Crippen LogP contribution < -0.4 is 0 Å². The minimum Gasteiger partial charge on any atom is -0.307 e. The quantitative estimate of drug-likeness (QED) is 0.194. The van der Waals surface area contributed by atoms with Gasteiger partial charge >= 0.3 is 0 Å². The fourth-order valence-electron chi connectivity index (χ4n) is 6.87. The Balaban J connectivity index is 1.23. The maximum atomic E-state index is 5.17. The summed E-state index contributed by atoms with van der Waals surface area (Å²) in [5, 5.41) is 5.98. The van der Waals surface area contributed by atoms with E-state index < -0.39 is 0 Å². The van der Waals surface area contributed by atoms with E-state index in [0.29, 0.717) is 17.5 Å². The molecule has 6 aromatic carbocycles. The Morgan fingerprint density at radius 3 is 1.81 bits per heavy atom. The van der Waals surface area contributed by atoms with Gasteiger partial charge in [0, 0.05) is 64.9 Å². The third-order valence-corrected chi connectivity index (χ3v) is 10.3. The third kappa shape index (κ3) is 4.16. The monoisotopic (exact) mass is 631 g/mol. The first-order valence-electron chi connectivity index (χ1n) is 15.9. The summed E-state index contributed by atoms with van der Waals surface area (Å²) >= 11 is 1.84. The average molecular weight is 632 g/mol. The zero-order chi connectivity index (χ0) is 31.6. The molecule has 0 aliphatic heterocycles. The molecular formula is C42H25N5S. The molecule has 48 heavy (non-hydrogen) atoms. The lowest BCUT2D eigenvalue weighted by Crippen LogP contribution is -2.01. The van der Waals surface area contributed by atoms with Crippen molar-refractivity contribution in [1.82, 2.24) is 24.5 Å². The van der Waals surface area contributed by atoms with Crippen LogP contribution in [-0.2, 0) is 0 Å². The Morgan fingerprint density at radius 1 is 0.458 bits per heavy atom. The lowest BCUT2D eigenvalue weighted by molar-refractivity contribution is 1.07. The molecule has 0 saturated heterocycles. The van der Waals surface area contributed by atoms with E-state index in [4.69, 9.17) is 19.9 Å². The van der Waals surface area contributed by atoms with Gasteiger partial charge in [-0.2, -0.15) is 0 Å². The van der Waals surface area contributed by atoms with Crippen molar-refractivity contribution in [3.8, 4) is 39.9 Å². The van der Waals surface area contributed by atoms with Crippen molar-refractivity contribution in [2.75, 3.05) is 0 Å². The van der Waals surface area contributed by atoms with Crippen LogP contribution in [0.3, 0.4) is 0 Å². The number of fused-ring (bicyclic) bond motifs is 9. The van der Waals surface area contributed by atoms with Gasteiger partial charge in [0.15, 0.2) is 17.5 Å². The van der Waals surface area contributed by atoms with Crippen LogP contribution in [0.1, 0.15) is 0 Å². The molecule has 0 N–H and O–H groups in total. The van der Waals surface area contributed by atoms with Crippen molar-refractivity contribution in [2.24, 2.45) is 0 Å². The number of hydrogen-bond donors (Lipinski definition) is 0. The topological polar surface area (TPSA) is 56.5 Å². The molecule has 6 heteroatoms. The van der Waals surface area contributed by atoms with Gasteiger partial charge in [-0.3, -0.25) is 4.98 Å². The first kappa shape index (κ1) is 26.9. The Labute approximate surface area is 279 Å². The van der Waals surface area contributed by atoms with Crippen molar-refractivity contribution < 1.29 is 0 Å². The second kappa shape index (κ2) is 10.7. The van der Waals surface area contributed by atoms with Crippen LogP contribution in [0.5, 0.6) is 0 Å². The summed E-state index contributed by atoms with van der Waals surface area (Å²) < 4.78 is 4.89. The Morgan fingerprint density at radius 2 is 1.06 bits per heavy atom. The highest BCUT2D eigenvalue weighted by atomic mass is 32.1. The van der Waals surface area contributed by atoms with Crippen LogP contribution in [0, 0.1) is 0 Å². The standard InChI is InChI=1S/C42H25N5S/c1-3-12-26(13-4-1)40-44-41(27-14-5-2-6-15-27)46-42(45-40)28-16-11-17-29(24-28)47-35-20-9-7-18-30(35)32-22-23-33-37(38(32)47)43-25-34-31-19-8-10-21-36(31)48-39(33)34/h1-25H. The molecule has 0 radical (unpaired) electrons. The van der Waals surface area contributed by atoms with Crippen LogP contribution in [-0.4, -0.2) is 24.5 Å². The number of nitrogens with zero attached hydrogens (tertiary/aromatic N) is 5. The number of pyridine rings is 1. The SMILES string of the molecule is c1ccc(-c2nc(-c3ccccc3)nc(-c3cccc(-n4c5ccccc5c5ccc6c(ncc7c8ccccc8sc76)c54)c3)n2)cc1. The molecule has 0 aliphatic rings. The Hall–Kier alpha value is -6.24. The van der Waals surface area contributed by atoms with Crippen molar-refractivity contribution in [3.05, 3.63) is 152 Å². The van der Waals surface area contributed by atoms with E-state index in [1.165, 1.54) is 36.3 Å². The molecule has 5 nitrogen and oxygen atoms in total. The number of thiophene rings is 1. The first-order valence-corrected chi connectivity index (χ1v) is 16.7. The number of aromatic nitrogens is 5. The summed E-state index contributed by atoms with van der Waals surface area (Å²) in [5.41, 5.74) is 7.04. The van der Waals surface area contributed by atoms with Gasteiger partial charge in [-0.1, -0.05) is 121 Å². The predicted octanol–water partition coefficient (Wildman–Crippen LogP) is 10.9. The van der Waals surface area contributed by atoms with E-state index in [-0.39, 0.29) is 0 Å². The molecular weight excluding hydrogens is 607 g/mol. The summed E-state index contributed by atoms with van der Waals surface area (Å²) in [4.78, 5) is 20.1. The zero-order valence-corrected chi connectivity index (χ0v) is 26.4. The van der Waals surface area contributed by atoms with Crippen molar-refractivity contribution in [2.45, 2.75) is 0 Å². The second-order valence-electron chi connectivity index (χ2n) is 11.9. The van der Waals surface area contributed by atoms with Gasteiger partial charge < -0.3 is 4.57 Å². The third-order valence-electron chi connectivity index (χ3n) is 9.07. The maximum absolute atomic E-state index is 5.17. The van der Waals surface area contributed by atoms with Crippen LogP contribution in [0.2, 0.25) is 0 Å². The van der Waals surface area contributed by atoms with Crippen molar-refractivity contribution in [1.29, 1.82) is 0 Å². The van der Waals surface area contributed by atoms with Crippen LogP contribution in [0.15, 0.2) is 152 Å². The van der Waals surface area contributed by atoms with Crippen LogP contribution in [0.25, 0.3) is 92.7 Å². The normalized spacial score (nSPS) is 11.8. The van der Waals surface area contributed by atoms with Gasteiger partial charge in [0.1, 0.15) is 0 Å². The molecule has 10 rings (SSSR count). The van der Waals surface area contributed by atoms with E-state index in [1.54, 1.807) is 0 Å². The van der Waals surface area contributed by atoms with Gasteiger partial charge in [0.05, 0.1) is 16.6 Å². The molecule has 0 aliphatic carbocycles. The van der Waals surface area contributed by atoms with Gasteiger partial charge in [-0.25, -0.2) is 15.0 Å². The highest BCUT2D eigenvalue weighted by Gasteiger charge is 2.19. The average Bonchev–Trinajstić information content (AvgIpc) is 3.72. The lowest BCUT2D eigenvalue weighted by atomic mass is 10.1. The maximum Gasteiger partial charge on any atom is 0.164 e. The smallest absolute Gasteiger partial charge is 0.164 e. The largest absolute Gasteiger partial charge is 0.307 e. The van der Waals surface area contributed by atoms with Crippen molar-refractivity contribution >= 4 is 64.2 Å². The molecule has 0 fully saturated rings. The van der Waals surface area contributed by atoms with Crippen molar-refractivity contribution in [3.63, 3.8) is 0 Å². The molecule has 10 aromatic rings. The van der Waals surface area contributed by atoms with Gasteiger partial charge in [-0.15, -0.1) is 11.3 Å². The molecule has 0 atom stereocenters. The Kier molecular flexibility index (Phi) is 5.98. The van der Waals surface area contributed by atoms with E-state index >= 15 is 0 Å². The second-order valence-corrected chi connectivity index (χ2v) is 13.0. The molecule has 4 heterocycles. The molecule has 224 valence electrons. The molecule has 4 aromatic heterocycles. The highest BCUT2D eigenvalue weighted by molar-refractivity contribution is 7.26. The van der Waals surface area contributed by atoms with E-state index in [9.17, 15) is 0 Å². The van der Waals surface area contributed by atoms with E-state index in [1.807, 2.05) is 72.0 Å². The number of rotatable bonds is 4. The fraction of sp³-hybridized carbons (Fsp3) is 0. The van der Waals surface area contributed by atoms with Gasteiger partial charge in [0.25, 0.3) is 0 Å². The molecule has 0 amide bonds. The molecule has 0 bridgehead atoms.